The van der Waals surface area contributed by atoms with Gasteiger partial charge in [-0.3, -0.25) is 4.90 Å². The predicted molar refractivity (Wildman–Crippen MR) is 136 cm³/mol. The number of hydrogen-bond donors (Lipinski definition) is 2. The smallest absolute Gasteiger partial charge is 0.194 e. The molecule has 0 radical (unpaired) electrons. The molecular formula is C25H31ClN4O4. The van der Waals surface area contributed by atoms with E-state index in [1.54, 1.807) is 28.4 Å². The lowest BCUT2D eigenvalue weighted by Crippen LogP contribution is -2.43. The molecule has 0 fully saturated rings. The van der Waals surface area contributed by atoms with E-state index in [9.17, 15) is 0 Å². The molecule has 34 heavy (non-hydrogen) atoms. The molecule has 4 rings (SSSR count). The van der Waals surface area contributed by atoms with Crippen molar-refractivity contribution in [2.24, 2.45) is 10.7 Å². The lowest BCUT2D eigenvalue weighted by Gasteiger charge is -2.36. The van der Waals surface area contributed by atoms with Gasteiger partial charge in [-0.2, -0.15) is 0 Å². The van der Waals surface area contributed by atoms with Crippen molar-refractivity contribution in [3.05, 3.63) is 64.4 Å². The van der Waals surface area contributed by atoms with Gasteiger partial charge < -0.3 is 30.0 Å². The van der Waals surface area contributed by atoms with Crippen LogP contribution in [0.3, 0.4) is 0 Å². The molecule has 2 heterocycles. The summed E-state index contributed by atoms with van der Waals surface area (Å²) in [5.41, 5.74) is 11.4. The summed E-state index contributed by atoms with van der Waals surface area (Å²) >= 11 is 0. The SMILES string of the molecule is COc1cc(/C=C2\CN(C)CC3=C2NC(N)=NC3c2cc(OC)cc(OC)c2)cc(OC)c1.Cl. The molecular weight excluding hydrogens is 456 g/mol. The van der Waals surface area contributed by atoms with Crippen molar-refractivity contribution in [3.63, 3.8) is 0 Å². The molecule has 3 N–H and O–H groups in total. The average molecular weight is 487 g/mol. The van der Waals surface area contributed by atoms with Gasteiger partial charge in [0.25, 0.3) is 0 Å². The highest BCUT2D eigenvalue weighted by Crippen LogP contribution is 2.39. The van der Waals surface area contributed by atoms with E-state index < -0.39 is 0 Å². The Labute approximate surface area is 206 Å². The normalized spacial score (nSPS) is 18.9. The molecule has 0 amide bonds. The maximum absolute atomic E-state index is 6.25. The molecule has 0 spiro atoms. The molecule has 8 nitrogen and oxygen atoms in total. The monoisotopic (exact) mass is 486 g/mol. The van der Waals surface area contributed by atoms with Crippen LogP contribution >= 0.6 is 12.4 Å². The first kappa shape index (κ1) is 25.3. The quantitative estimate of drug-likeness (QED) is 0.646. The van der Waals surface area contributed by atoms with Crippen molar-refractivity contribution in [2.45, 2.75) is 6.04 Å². The summed E-state index contributed by atoms with van der Waals surface area (Å²) in [6.07, 6.45) is 2.13. The predicted octanol–water partition coefficient (Wildman–Crippen LogP) is 3.38. The number of benzene rings is 2. The number of nitrogens with two attached hydrogens (primary N) is 1. The van der Waals surface area contributed by atoms with Crippen LogP contribution in [0.25, 0.3) is 6.08 Å². The Morgan fingerprint density at radius 1 is 0.882 bits per heavy atom. The number of guanidine groups is 1. The number of halogens is 1. The van der Waals surface area contributed by atoms with E-state index in [2.05, 4.69) is 23.3 Å². The molecule has 2 aliphatic rings. The Bertz CT molecular complexity index is 1100. The number of nitrogens with zero attached hydrogens (tertiary/aromatic N) is 2. The molecule has 2 aliphatic heterocycles. The van der Waals surface area contributed by atoms with E-state index in [1.165, 1.54) is 0 Å². The molecule has 9 heteroatoms. The Kier molecular flexibility index (Phi) is 7.96. The van der Waals surface area contributed by atoms with Gasteiger partial charge in [0, 0.05) is 30.9 Å². The maximum Gasteiger partial charge on any atom is 0.194 e. The third-order valence-electron chi connectivity index (χ3n) is 5.78. The number of likely N-dealkylation sites (N-methyl/N-ethyl adjacent to an activating group) is 1. The maximum atomic E-state index is 6.25. The zero-order chi connectivity index (χ0) is 23.5. The van der Waals surface area contributed by atoms with Crippen molar-refractivity contribution in [3.8, 4) is 23.0 Å². The van der Waals surface area contributed by atoms with E-state index in [0.717, 1.165) is 52.6 Å². The summed E-state index contributed by atoms with van der Waals surface area (Å²) in [5.74, 6) is 3.26. The fourth-order valence-corrected chi connectivity index (χ4v) is 4.26. The zero-order valence-corrected chi connectivity index (χ0v) is 20.9. The van der Waals surface area contributed by atoms with Crippen LogP contribution in [-0.4, -0.2) is 59.4 Å². The summed E-state index contributed by atoms with van der Waals surface area (Å²) < 4.78 is 21.8. The van der Waals surface area contributed by atoms with Crippen LogP contribution < -0.4 is 30.0 Å². The fourth-order valence-electron chi connectivity index (χ4n) is 4.26. The Balaban J connectivity index is 0.00000324. The van der Waals surface area contributed by atoms with Crippen molar-refractivity contribution in [1.29, 1.82) is 0 Å². The van der Waals surface area contributed by atoms with Gasteiger partial charge in [-0.05, 0) is 59.7 Å². The Hall–Kier alpha value is -3.36. The van der Waals surface area contributed by atoms with Gasteiger partial charge in [-0.1, -0.05) is 0 Å². The molecule has 182 valence electrons. The molecule has 1 atom stereocenters. The zero-order valence-electron chi connectivity index (χ0n) is 20.0. The van der Waals surface area contributed by atoms with Gasteiger partial charge >= 0.3 is 0 Å². The van der Waals surface area contributed by atoms with Crippen LogP contribution in [0, 0.1) is 0 Å². The van der Waals surface area contributed by atoms with Gasteiger partial charge in [0.15, 0.2) is 5.96 Å². The van der Waals surface area contributed by atoms with Crippen molar-refractivity contribution in [1.82, 2.24) is 10.2 Å². The Morgan fingerprint density at radius 3 is 1.94 bits per heavy atom. The minimum atomic E-state index is -0.253. The van der Waals surface area contributed by atoms with E-state index in [4.69, 9.17) is 29.7 Å². The molecule has 0 aromatic heterocycles. The fraction of sp³-hybridized carbons (Fsp3) is 0.320. The van der Waals surface area contributed by atoms with E-state index in [1.807, 2.05) is 36.4 Å². The number of nitrogens with one attached hydrogen (secondary N) is 1. The van der Waals surface area contributed by atoms with Crippen LogP contribution in [-0.2, 0) is 0 Å². The van der Waals surface area contributed by atoms with Gasteiger partial charge in [0.2, 0.25) is 0 Å². The second-order valence-corrected chi connectivity index (χ2v) is 8.08. The molecule has 2 aromatic carbocycles. The van der Waals surface area contributed by atoms with Gasteiger partial charge in [-0.15, -0.1) is 12.4 Å². The van der Waals surface area contributed by atoms with Gasteiger partial charge in [0.05, 0.1) is 28.4 Å². The van der Waals surface area contributed by atoms with E-state index in [0.29, 0.717) is 17.5 Å². The van der Waals surface area contributed by atoms with Gasteiger partial charge in [0.1, 0.15) is 29.0 Å². The third kappa shape index (κ3) is 5.24. The number of aliphatic imine (C=N–C) groups is 1. The van der Waals surface area contributed by atoms with Crippen molar-refractivity contribution < 1.29 is 18.9 Å². The van der Waals surface area contributed by atoms with E-state index >= 15 is 0 Å². The second-order valence-electron chi connectivity index (χ2n) is 8.08. The highest BCUT2D eigenvalue weighted by molar-refractivity contribution is 5.85. The Morgan fingerprint density at radius 2 is 1.41 bits per heavy atom. The standard InChI is InChI=1S/C25H30N4O4.ClH/c1-29-13-17(6-15-7-18(30-2)11-19(8-15)31-3)24-22(14-29)23(27-25(26)28-24)16-9-20(32-4)12-21(10-16)33-5;/h6-12,23H,13-14H2,1-5H3,(H3,26,27,28);1H/b17-6+;. The number of rotatable bonds is 6. The summed E-state index contributed by atoms with van der Waals surface area (Å²) in [5, 5.41) is 3.31. The highest BCUT2D eigenvalue weighted by atomic mass is 35.5. The number of ether oxygens (including phenoxy) is 4. The third-order valence-corrected chi connectivity index (χ3v) is 5.78. The first-order chi connectivity index (χ1) is 15.9. The van der Waals surface area contributed by atoms with Crippen LogP contribution in [0.15, 0.2) is 58.2 Å². The van der Waals surface area contributed by atoms with Crippen molar-refractivity contribution in [2.75, 3.05) is 48.6 Å². The number of hydrogen-bond acceptors (Lipinski definition) is 8. The second kappa shape index (κ2) is 10.7. The van der Waals surface area contributed by atoms with Crippen LogP contribution in [0.2, 0.25) is 0 Å². The lowest BCUT2D eigenvalue weighted by molar-refractivity contribution is 0.367. The number of methoxy groups -OCH3 is 4. The molecule has 2 aromatic rings. The van der Waals surface area contributed by atoms with Crippen LogP contribution in [0.1, 0.15) is 17.2 Å². The topological polar surface area (TPSA) is 90.6 Å². The molecule has 0 saturated carbocycles. The van der Waals surface area contributed by atoms with E-state index in [-0.39, 0.29) is 18.4 Å². The van der Waals surface area contributed by atoms with Crippen LogP contribution in [0.4, 0.5) is 0 Å². The summed E-state index contributed by atoms with van der Waals surface area (Å²) in [7, 11) is 8.66. The van der Waals surface area contributed by atoms with Crippen molar-refractivity contribution >= 4 is 24.4 Å². The summed E-state index contributed by atoms with van der Waals surface area (Å²) in [6, 6.07) is 11.4. The minimum absolute atomic E-state index is 0. The minimum Gasteiger partial charge on any atom is -0.497 e. The molecule has 0 bridgehead atoms. The summed E-state index contributed by atoms with van der Waals surface area (Å²) in [6.45, 7) is 1.51. The molecule has 0 saturated heterocycles. The van der Waals surface area contributed by atoms with Crippen LogP contribution in [0.5, 0.6) is 23.0 Å². The first-order valence-corrected chi connectivity index (χ1v) is 10.6. The van der Waals surface area contributed by atoms with Gasteiger partial charge in [-0.25, -0.2) is 4.99 Å². The average Bonchev–Trinajstić information content (AvgIpc) is 2.83. The largest absolute Gasteiger partial charge is 0.497 e. The first-order valence-electron chi connectivity index (χ1n) is 10.6. The molecule has 1 unspecified atom stereocenters. The lowest BCUT2D eigenvalue weighted by atomic mass is 9.89. The molecule has 0 aliphatic carbocycles. The highest BCUT2D eigenvalue weighted by Gasteiger charge is 2.31. The summed E-state index contributed by atoms with van der Waals surface area (Å²) in [4.78, 5) is 6.99.